The first-order valence-electron chi connectivity index (χ1n) is 7.21. The second-order valence-corrected chi connectivity index (χ2v) is 5.26. The molecule has 112 valence electrons. The van der Waals surface area contributed by atoms with Crippen molar-refractivity contribution in [1.82, 2.24) is 25.0 Å². The second kappa shape index (κ2) is 6.24. The summed E-state index contributed by atoms with van der Waals surface area (Å²) in [5.74, 6) is 1.97. The number of hydrogen-bond donors (Lipinski definition) is 1. The van der Waals surface area contributed by atoms with Gasteiger partial charge in [-0.25, -0.2) is 0 Å². The van der Waals surface area contributed by atoms with E-state index in [2.05, 4.69) is 37.1 Å². The maximum Gasteiger partial charge on any atom is 0.147 e. The Balaban J connectivity index is 1.73. The molecule has 1 aromatic carbocycles. The minimum absolute atomic E-state index is 0.232. The minimum Gasteiger partial charge on any atom is -0.496 e. The van der Waals surface area contributed by atoms with Crippen molar-refractivity contribution in [2.75, 3.05) is 27.2 Å². The summed E-state index contributed by atoms with van der Waals surface area (Å²) in [6.45, 7) is 3.72. The summed E-state index contributed by atoms with van der Waals surface area (Å²) in [6, 6.07) is 8.41. The van der Waals surface area contributed by atoms with Crippen molar-refractivity contribution < 1.29 is 4.74 Å². The van der Waals surface area contributed by atoms with Crippen LogP contribution in [0.3, 0.4) is 0 Å². The Kier molecular flexibility index (Phi) is 4.17. The predicted octanol–water partition coefficient (Wildman–Crippen LogP) is 1.06. The lowest BCUT2D eigenvalue weighted by atomic mass is 10.0. The fraction of sp³-hybridized carbons (Fsp3) is 0.467. The molecule has 1 aliphatic rings. The number of benzene rings is 1. The fourth-order valence-corrected chi connectivity index (χ4v) is 2.83. The van der Waals surface area contributed by atoms with Gasteiger partial charge in [0.05, 0.1) is 13.7 Å². The molecule has 6 heteroatoms. The molecule has 3 rings (SSSR count). The third kappa shape index (κ3) is 2.91. The van der Waals surface area contributed by atoms with Gasteiger partial charge >= 0.3 is 0 Å². The lowest BCUT2D eigenvalue weighted by Crippen LogP contribution is -2.39. The average Bonchev–Trinajstić information content (AvgIpc) is 3.00. The average molecular weight is 287 g/mol. The van der Waals surface area contributed by atoms with Crippen LogP contribution in [-0.2, 0) is 13.1 Å². The van der Waals surface area contributed by atoms with Crippen LogP contribution < -0.4 is 10.1 Å². The Hall–Kier alpha value is -1.92. The zero-order valence-corrected chi connectivity index (χ0v) is 12.5. The first kappa shape index (κ1) is 14.0. The van der Waals surface area contributed by atoms with E-state index in [0.29, 0.717) is 0 Å². The quantitative estimate of drug-likeness (QED) is 0.891. The van der Waals surface area contributed by atoms with Gasteiger partial charge in [-0.15, -0.1) is 10.2 Å². The van der Waals surface area contributed by atoms with E-state index in [-0.39, 0.29) is 6.04 Å². The number of rotatable bonds is 5. The molecule has 0 aliphatic carbocycles. The van der Waals surface area contributed by atoms with E-state index in [9.17, 15) is 0 Å². The van der Waals surface area contributed by atoms with Gasteiger partial charge in [0.25, 0.3) is 0 Å². The number of ether oxygens (including phenoxy) is 1. The zero-order chi connectivity index (χ0) is 14.7. The van der Waals surface area contributed by atoms with E-state index in [1.54, 1.807) is 7.11 Å². The highest BCUT2D eigenvalue weighted by Crippen LogP contribution is 2.26. The highest BCUT2D eigenvalue weighted by Gasteiger charge is 2.22. The van der Waals surface area contributed by atoms with Crippen LogP contribution in [0.1, 0.15) is 17.4 Å². The molecule has 0 bridgehead atoms. The fourth-order valence-electron chi connectivity index (χ4n) is 2.83. The number of fused-ring (bicyclic) bond motifs is 1. The van der Waals surface area contributed by atoms with Gasteiger partial charge in [-0.1, -0.05) is 18.2 Å². The summed E-state index contributed by atoms with van der Waals surface area (Å²) in [7, 11) is 3.71. The Bertz CT molecular complexity index is 597. The molecule has 0 saturated carbocycles. The molecule has 2 heterocycles. The molecule has 1 unspecified atom stereocenters. The second-order valence-electron chi connectivity index (χ2n) is 5.26. The standard InChI is InChI=1S/C15H21N5O/c1-16-13(12-5-3-4-6-14(12)21-2)9-19-7-8-20-11-17-18-15(20)10-19/h3-6,11,13,16H,7-10H2,1-2H3. The van der Waals surface area contributed by atoms with E-state index in [4.69, 9.17) is 4.74 Å². The summed E-state index contributed by atoms with van der Waals surface area (Å²) in [6.07, 6.45) is 1.81. The van der Waals surface area contributed by atoms with Gasteiger partial charge in [0, 0.05) is 31.2 Å². The highest BCUT2D eigenvalue weighted by atomic mass is 16.5. The predicted molar refractivity (Wildman–Crippen MR) is 80.1 cm³/mol. The third-order valence-electron chi connectivity index (χ3n) is 4.02. The van der Waals surface area contributed by atoms with E-state index in [1.165, 1.54) is 5.56 Å². The molecule has 6 nitrogen and oxygen atoms in total. The van der Waals surface area contributed by atoms with Gasteiger partial charge in [0.15, 0.2) is 0 Å². The van der Waals surface area contributed by atoms with Crippen LogP contribution >= 0.6 is 0 Å². The van der Waals surface area contributed by atoms with Crippen LogP contribution in [0.5, 0.6) is 5.75 Å². The zero-order valence-electron chi connectivity index (χ0n) is 12.5. The molecule has 1 aliphatic heterocycles. The molecule has 21 heavy (non-hydrogen) atoms. The van der Waals surface area contributed by atoms with Crippen molar-refractivity contribution in [3.63, 3.8) is 0 Å². The summed E-state index contributed by atoms with van der Waals surface area (Å²) < 4.78 is 7.60. The number of aromatic nitrogens is 3. The molecule has 0 fully saturated rings. The van der Waals surface area contributed by atoms with Crippen molar-refractivity contribution in [3.05, 3.63) is 42.0 Å². The first-order chi connectivity index (χ1) is 10.3. The Labute approximate surface area is 124 Å². The van der Waals surface area contributed by atoms with Gasteiger partial charge in [-0.2, -0.15) is 0 Å². The van der Waals surface area contributed by atoms with Crippen LogP contribution in [0.2, 0.25) is 0 Å². The van der Waals surface area contributed by atoms with E-state index >= 15 is 0 Å². The van der Waals surface area contributed by atoms with Crippen molar-refractivity contribution in [2.24, 2.45) is 0 Å². The number of hydrogen-bond acceptors (Lipinski definition) is 5. The lowest BCUT2D eigenvalue weighted by Gasteiger charge is -2.31. The maximum atomic E-state index is 5.48. The Morgan fingerprint density at radius 3 is 3.00 bits per heavy atom. The SMILES string of the molecule is CNC(CN1CCn2cnnc2C1)c1ccccc1OC. The van der Waals surface area contributed by atoms with Gasteiger partial charge < -0.3 is 14.6 Å². The van der Waals surface area contributed by atoms with Gasteiger partial charge in [0.1, 0.15) is 17.9 Å². The molecule has 1 aromatic heterocycles. The molecular weight excluding hydrogens is 266 g/mol. The van der Waals surface area contributed by atoms with E-state index in [0.717, 1.165) is 37.8 Å². The van der Waals surface area contributed by atoms with Crippen LogP contribution in [0.25, 0.3) is 0 Å². The van der Waals surface area contributed by atoms with Crippen LogP contribution in [-0.4, -0.2) is 46.9 Å². The van der Waals surface area contributed by atoms with Gasteiger partial charge in [0.2, 0.25) is 0 Å². The molecule has 0 spiro atoms. The van der Waals surface area contributed by atoms with Crippen LogP contribution in [0.4, 0.5) is 0 Å². The molecule has 1 N–H and O–H groups in total. The van der Waals surface area contributed by atoms with Gasteiger partial charge in [-0.05, 0) is 13.1 Å². The summed E-state index contributed by atoms with van der Waals surface area (Å²) in [5.41, 5.74) is 1.19. The molecule has 0 radical (unpaired) electrons. The lowest BCUT2D eigenvalue weighted by molar-refractivity contribution is 0.196. The summed E-state index contributed by atoms with van der Waals surface area (Å²) in [4.78, 5) is 2.40. The van der Waals surface area contributed by atoms with E-state index in [1.807, 2.05) is 25.5 Å². The van der Waals surface area contributed by atoms with E-state index < -0.39 is 0 Å². The first-order valence-corrected chi connectivity index (χ1v) is 7.21. The molecule has 0 saturated heterocycles. The topological polar surface area (TPSA) is 55.2 Å². The monoisotopic (exact) mass is 287 g/mol. The number of likely N-dealkylation sites (N-methyl/N-ethyl adjacent to an activating group) is 1. The van der Waals surface area contributed by atoms with Crippen molar-refractivity contribution in [3.8, 4) is 5.75 Å². The molecule has 2 aromatic rings. The number of methoxy groups -OCH3 is 1. The molecular formula is C15H21N5O. The third-order valence-corrected chi connectivity index (χ3v) is 4.02. The van der Waals surface area contributed by atoms with Crippen molar-refractivity contribution >= 4 is 0 Å². The number of para-hydroxylation sites is 1. The summed E-state index contributed by atoms with van der Waals surface area (Å²) in [5, 5.41) is 11.5. The molecule has 1 atom stereocenters. The van der Waals surface area contributed by atoms with Crippen molar-refractivity contribution in [2.45, 2.75) is 19.1 Å². The highest BCUT2D eigenvalue weighted by molar-refractivity contribution is 5.36. The number of nitrogens with one attached hydrogen (secondary N) is 1. The smallest absolute Gasteiger partial charge is 0.147 e. The Morgan fingerprint density at radius 1 is 1.33 bits per heavy atom. The van der Waals surface area contributed by atoms with Gasteiger partial charge in [-0.3, -0.25) is 4.90 Å². The maximum absolute atomic E-state index is 5.48. The number of nitrogens with zero attached hydrogens (tertiary/aromatic N) is 4. The minimum atomic E-state index is 0.232. The Morgan fingerprint density at radius 2 is 2.19 bits per heavy atom. The normalized spacial score (nSPS) is 16.5. The van der Waals surface area contributed by atoms with Crippen LogP contribution in [0.15, 0.2) is 30.6 Å². The van der Waals surface area contributed by atoms with Crippen LogP contribution in [0, 0.1) is 0 Å². The largest absolute Gasteiger partial charge is 0.496 e. The summed E-state index contributed by atoms with van der Waals surface area (Å²) >= 11 is 0. The molecule has 0 amide bonds. The van der Waals surface area contributed by atoms with Crippen molar-refractivity contribution in [1.29, 1.82) is 0 Å².